The van der Waals surface area contributed by atoms with Crippen molar-refractivity contribution in [2.24, 2.45) is 0 Å². The highest BCUT2D eigenvalue weighted by Crippen LogP contribution is 2.55. The first kappa shape index (κ1) is 63.3. The first-order chi connectivity index (χ1) is 57.5. The van der Waals surface area contributed by atoms with Gasteiger partial charge in [-0.25, -0.2) is 0 Å². The van der Waals surface area contributed by atoms with Crippen molar-refractivity contribution in [3.05, 3.63) is 400 Å². The Bertz CT molecular complexity index is 8420. The van der Waals surface area contributed by atoms with Gasteiger partial charge in [0.2, 0.25) is 0 Å². The molecule has 0 amide bonds. The van der Waals surface area contributed by atoms with E-state index in [1.54, 1.807) is 0 Å². The summed E-state index contributed by atoms with van der Waals surface area (Å²) in [5.41, 5.74) is 36.4. The van der Waals surface area contributed by atoms with Crippen LogP contribution < -0.4 is 0 Å². The van der Waals surface area contributed by atoms with Gasteiger partial charge in [0, 0.05) is 76.6 Å². The number of hydrogen-bond acceptors (Lipinski definition) is 0. The molecular weight excluding hydrogens is 1400 g/mol. The highest BCUT2D eigenvalue weighted by molar-refractivity contribution is 6.25. The smallest absolute Gasteiger partial charge is 0.0619 e. The molecule has 4 aromatic heterocycles. The molecule has 24 aromatic rings. The van der Waals surface area contributed by atoms with Gasteiger partial charge in [0.05, 0.1) is 44.1 Å². The predicted octanol–water partition coefficient (Wildman–Crippen LogP) is 30.3. The van der Waals surface area contributed by atoms with Crippen LogP contribution in [0.15, 0.2) is 400 Å². The number of para-hydroxylation sites is 3. The lowest BCUT2D eigenvalue weighted by Gasteiger charge is -2.14. The zero-order chi connectivity index (χ0) is 75.5. The van der Waals surface area contributed by atoms with Crippen molar-refractivity contribution >= 4 is 130 Å². The second-order valence-corrected chi connectivity index (χ2v) is 31.7. The molecule has 0 bridgehead atoms. The van der Waals surface area contributed by atoms with Crippen molar-refractivity contribution in [2.45, 2.75) is 0 Å². The zero-order valence-electron chi connectivity index (χ0n) is 62.9. The van der Waals surface area contributed by atoms with Crippen molar-refractivity contribution < 1.29 is 0 Å². The number of nitrogens with zero attached hydrogens (tertiary/aromatic N) is 4. The molecule has 26 rings (SSSR count). The summed E-state index contributed by atoms with van der Waals surface area (Å²) in [5.74, 6) is 0. The van der Waals surface area contributed by atoms with Gasteiger partial charge in [-0.15, -0.1) is 0 Å². The molecule has 0 fully saturated rings. The maximum Gasteiger partial charge on any atom is 0.0619 e. The van der Waals surface area contributed by atoms with Crippen LogP contribution in [0.25, 0.3) is 253 Å². The quantitative estimate of drug-likeness (QED) is 0.137. The summed E-state index contributed by atoms with van der Waals surface area (Å²) in [5, 5.41) is 20.0. The van der Waals surface area contributed by atoms with Gasteiger partial charge in [-0.1, -0.05) is 297 Å². The van der Waals surface area contributed by atoms with Gasteiger partial charge >= 0.3 is 0 Å². The molecule has 20 aromatic carbocycles. The van der Waals surface area contributed by atoms with E-state index in [1.807, 2.05) is 0 Å². The van der Waals surface area contributed by atoms with Crippen molar-refractivity contribution in [2.75, 3.05) is 0 Å². The third kappa shape index (κ3) is 8.98. The van der Waals surface area contributed by atoms with Crippen LogP contribution in [-0.4, -0.2) is 18.3 Å². The largest absolute Gasteiger partial charge is 0.309 e. The highest BCUT2D eigenvalue weighted by atomic mass is 15.0. The molecule has 0 N–H and O–H groups in total. The Morgan fingerprint density at radius 3 is 1.10 bits per heavy atom. The van der Waals surface area contributed by atoms with Gasteiger partial charge in [-0.05, 0) is 236 Å². The molecule has 0 aliphatic heterocycles. The molecule has 116 heavy (non-hydrogen) atoms. The first-order valence-corrected chi connectivity index (χ1v) is 40.3. The fourth-order valence-electron chi connectivity index (χ4n) is 20.8. The van der Waals surface area contributed by atoms with Gasteiger partial charge < -0.3 is 18.3 Å². The van der Waals surface area contributed by atoms with Crippen LogP contribution in [0.3, 0.4) is 0 Å². The summed E-state index contributed by atoms with van der Waals surface area (Å²) in [4.78, 5) is 0. The number of hydrogen-bond donors (Lipinski definition) is 0. The van der Waals surface area contributed by atoms with Crippen LogP contribution in [-0.2, 0) is 0 Å². The molecule has 4 heteroatoms. The second-order valence-electron chi connectivity index (χ2n) is 31.7. The average molecular weight is 1470 g/mol. The van der Waals surface area contributed by atoms with Gasteiger partial charge in [0.1, 0.15) is 0 Å². The van der Waals surface area contributed by atoms with Crippen LogP contribution in [0, 0.1) is 0 Å². The second kappa shape index (κ2) is 24.1. The Labute approximate surface area is 667 Å². The lowest BCUT2D eigenvalue weighted by Crippen LogP contribution is -1.95. The van der Waals surface area contributed by atoms with Crippen LogP contribution in [0.4, 0.5) is 0 Å². The Balaban J connectivity index is 0.540. The Kier molecular flexibility index (Phi) is 13.1. The summed E-state index contributed by atoms with van der Waals surface area (Å²) >= 11 is 0. The molecule has 0 atom stereocenters. The standard InChI is InChI=1S/C112H66N4/c1-2-23-76(24-3-1)114-102-39-12-10-31-87(102)89-51-45-73(66-107(89)114)72-48-60-106-101(65-72)97-53-44-68-20-5-7-28-84(68)112(97)116(106)79-26-15-22-75(62-79)81-55-57-98-108-82(33-16-37-93(108)94-38-18-35-91(81)110(94)98)69-41-49-77(50-42-69)113-103-40-13-11-32-88(103)99-63-70(46-58-104(99)113)71-47-59-105-100(64-71)96-52-43-67-19-4-6-27-83(67)111(96)115(105)78-25-14-21-74(61-78)80-54-56-95-86-30-9-8-29-85(86)92-36-17-34-90(80)109(92)95/h1-66H. The normalized spacial score (nSPS) is 12.3. The minimum atomic E-state index is 1.12. The molecule has 0 saturated carbocycles. The highest BCUT2D eigenvalue weighted by Gasteiger charge is 2.29. The number of rotatable bonds is 9. The number of benzene rings is 20. The van der Waals surface area contributed by atoms with E-state index in [2.05, 4.69) is 419 Å². The van der Waals surface area contributed by atoms with E-state index >= 15 is 0 Å². The fraction of sp³-hybridized carbons (Fsp3) is 0. The Hall–Kier alpha value is -15.4. The van der Waals surface area contributed by atoms with Crippen molar-refractivity contribution in [3.63, 3.8) is 0 Å². The van der Waals surface area contributed by atoms with Crippen molar-refractivity contribution in [3.8, 4) is 123 Å². The fourth-order valence-corrected chi connectivity index (χ4v) is 20.8. The Morgan fingerprint density at radius 1 is 0.138 bits per heavy atom. The van der Waals surface area contributed by atoms with Crippen LogP contribution >= 0.6 is 0 Å². The van der Waals surface area contributed by atoms with E-state index in [9.17, 15) is 0 Å². The summed E-state index contributed by atoms with van der Waals surface area (Å²) in [6.07, 6.45) is 0. The monoisotopic (exact) mass is 1470 g/mol. The van der Waals surface area contributed by atoms with E-state index < -0.39 is 0 Å². The molecule has 0 radical (unpaired) electrons. The topological polar surface area (TPSA) is 19.7 Å². The minimum Gasteiger partial charge on any atom is -0.309 e. The maximum absolute atomic E-state index is 2.51. The van der Waals surface area contributed by atoms with Crippen molar-refractivity contribution in [1.29, 1.82) is 0 Å². The SMILES string of the molecule is c1ccc(-n2c3ccccc3c3ccc(-c4ccc5c(c4)c4ccc6ccccc6c4n5-c4cccc(-c5ccc6c7c(cccc57)-c5cccc(-c7ccc(-n8c9ccccc9c9cc(-c%10ccc%11c(c%10)c%10ccc%12ccccc%12c%10n%11-c%10cccc(-c%11ccc%12c%13c(cccc%11%13)-c%11ccccc%11-%12)c%10)ccc98)cc7)c5-6)c4)cc32)cc1. The summed E-state index contributed by atoms with van der Waals surface area (Å²) in [6.45, 7) is 0. The molecule has 0 saturated heterocycles. The average Bonchev–Trinajstić information content (AvgIpc) is 1.57. The third-order valence-electron chi connectivity index (χ3n) is 25.8. The molecule has 0 spiro atoms. The zero-order valence-corrected chi connectivity index (χ0v) is 62.9. The van der Waals surface area contributed by atoms with Crippen LogP contribution in [0.5, 0.6) is 0 Å². The first-order valence-electron chi connectivity index (χ1n) is 40.3. The predicted molar refractivity (Wildman–Crippen MR) is 490 cm³/mol. The molecule has 534 valence electrons. The molecular formula is C112H66N4. The minimum absolute atomic E-state index is 1.12. The number of fused-ring (bicyclic) bond motifs is 22. The lowest BCUT2D eigenvalue weighted by molar-refractivity contribution is 1.18. The van der Waals surface area contributed by atoms with Gasteiger partial charge in [0.15, 0.2) is 0 Å². The van der Waals surface area contributed by atoms with E-state index in [-0.39, 0.29) is 0 Å². The van der Waals surface area contributed by atoms with Gasteiger partial charge in [0.25, 0.3) is 0 Å². The molecule has 4 nitrogen and oxygen atoms in total. The number of aromatic nitrogens is 4. The van der Waals surface area contributed by atoms with E-state index in [0.29, 0.717) is 0 Å². The van der Waals surface area contributed by atoms with Gasteiger partial charge in [-0.2, -0.15) is 0 Å². The third-order valence-corrected chi connectivity index (χ3v) is 25.8. The van der Waals surface area contributed by atoms with E-state index in [0.717, 1.165) is 22.7 Å². The molecule has 0 unspecified atom stereocenters. The van der Waals surface area contributed by atoms with Gasteiger partial charge in [-0.3, -0.25) is 0 Å². The summed E-state index contributed by atoms with van der Waals surface area (Å²) in [6, 6.07) is 150. The van der Waals surface area contributed by atoms with Crippen LogP contribution in [0.2, 0.25) is 0 Å². The summed E-state index contributed by atoms with van der Waals surface area (Å²) in [7, 11) is 0. The summed E-state index contributed by atoms with van der Waals surface area (Å²) < 4.78 is 9.89. The Morgan fingerprint density at radius 2 is 0.500 bits per heavy atom. The van der Waals surface area contributed by atoms with E-state index in [1.165, 1.54) is 230 Å². The molecule has 2 aliphatic carbocycles. The lowest BCUT2D eigenvalue weighted by atomic mass is 9.91. The van der Waals surface area contributed by atoms with Crippen LogP contribution in [0.1, 0.15) is 0 Å². The maximum atomic E-state index is 2.51. The van der Waals surface area contributed by atoms with E-state index in [4.69, 9.17) is 0 Å². The van der Waals surface area contributed by atoms with Crippen molar-refractivity contribution in [1.82, 2.24) is 18.3 Å². The molecule has 2 aliphatic rings. The molecule has 4 heterocycles.